The summed E-state index contributed by atoms with van der Waals surface area (Å²) in [5.41, 5.74) is 1.05. The summed E-state index contributed by atoms with van der Waals surface area (Å²) in [6.45, 7) is 2.40. The van der Waals surface area contributed by atoms with Crippen LogP contribution < -0.4 is 19.5 Å². The van der Waals surface area contributed by atoms with Crippen LogP contribution in [0.25, 0.3) is 0 Å². The van der Waals surface area contributed by atoms with Gasteiger partial charge >= 0.3 is 0 Å². The average molecular weight is 382 g/mol. The van der Waals surface area contributed by atoms with Gasteiger partial charge in [-0.3, -0.25) is 4.79 Å². The average Bonchev–Trinajstić information content (AvgIpc) is 3.05. The summed E-state index contributed by atoms with van der Waals surface area (Å²) in [6.07, 6.45) is 0.00648. The first-order valence-electron chi connectivity index (χ1n) is 7.81. The van der Waals surface area contributed by atoms with Crippen molar-refractivity contribution in [3.8, 4) is 17.2 Å². The number of amides is 1. The Labute approximate surface area is 155 Å². The molecule has 1 atom stereocenters. The molecule has 0 bridgehead atoms. The van der Waals surface area contributed by atoms with Gasteiger partial charge in [-0.15, -0.1) is 0 Å². The third kappa shape index (κ3) is 4.50. The zero-order chi connectivity index (χ0) is 17.8. The van der Waals surface area contributed by atoms with Crippen molar-refractivity contribution in [3.05, 3.63) is 52.0 Å². The number of benzene rings is 2. The lowest BCUT2D eigenvalue weighted by molar-refractivity contribution is -0.127. The summed E-state index contributed by atoms with van der Waals surface area (Å²) in [6, 6.07) is 10.6. The number of fused-ring (bicyclic) bond motifs is 1. The SMILES string of the molecule is CC(Oc1ccc(Cl)cc1Cl)C(=O)NCCc1ccc2c(c1)OCO2. The van der Waals surface area contributed by atoms with Crippen molar-refractivity contribution in [1.29, 1.82) is 0 Å². The van der Waals surface area contributed by atoms with Gasteiger partial charge in [0.25, 0.3) is 5.91 Å². The van der Waals surface area contributed by atoms with Gasteiger partial charge in [0.05, 0.1) is 5.02 Å². The van der Waals surface area contributed by atoms with Crippen LogP contribution in [0.1, 0.15) is 12.5 Å². The summed E-state index contributed by atoms with van der Waals surface area (Å²) in [4.78, 5) is 12.2. The minimum Gasteiger partial charge on any atom is -0.479 e. The standard InChI is InChI=1S/C18H17Cl2NO4/c1-11(25-15-5-3-13(19)9-14(15)20)18(22)21-7-6-12-2-4-16-17(8-12)24-10-23-16/h2-5,8-9,11H,6-7,10H2,1H3,(H,21,22). The Morgan fingerprint density at radius 1 is 1.20 bits per heavy atom. The number of ether oxygens (including phenoxy) is 3. The van der Waals surface area contributed by atoms with Crippen LogP contribution in [-0.4, -0.2) is 25.3 Å². The van der Waals surface area contributed by atoms with Crippen LogP contribution in [-0.2, 0) is 11.2 Å². The van der Waals surface area contributed by atoms with Crippen molar-refractivity contribution in [3.63, 3.8) is 0 Å². The minimum absolute atomic E-state index is 0.216. The highest BCUT2D eigenvalue weighted by Gasteiger charge is 2.16. The third-order valence-electron chi connectivity index (χ3n) is 3.72. The lowest BCUT2D eigenvalue weighted by Crippen LogP contribution is -2.37. The molecular formula is C18H17Cl2NO4. The number of hydrogen-bond donors (Lipinski definition) is 1. The van der Waals surface area contributed by atoms with E-state index in [1.165, 1.54) is 0 Å². The quantitative estimate of drug-likeness (QED) is 0.825. The summed E-state index contributed by atoms with van der Waals surface area (Å²) in [5.74, 6) is 1.68. The van der Waals surface area contributed by atoms with E-state index in [1.807, 2.05) is 18.2 Å². The predicted octanol–water partition coefficient (Wildman–Crippen LogP) is 3.85. The summed E-state index contributed by atoms with van der Waals surface area (Å²) < 4.78 is 16.2. The molecule has 0 radical (unpaired) electrons. The fraction of sp³-hybridized carbons (Fsp3) is 0.278. The number of rotatable bonds is 6. The van der Waals surface area contributed by atoms with Crippen molar-refractivity contribution < 1.29 is 19.0 Å². The molecule has 1 N–H and O–H groups in total. The van der Waals surface area contributed by atoms with Gasteiger partial charge in [0.2, 0.25) is 6.79 Å². The number of halogens is 2. The normalized spacial score (nSPS) is 13.4. The van der Waals surface area contributed by atoms with E-state index in [0.717, 1.165) is 17.1 Å². The van der Waals surface area contributed by atoms with Gasteiger partial charge in [-0.2, -0.15) is 0 Å². The fourth-order valence-corrected chi connectivity index (χ4v) is 2.84. The molecule has 1 aliphatic rings. The first-order chi connectivity index (χ1) is 12.0. The van der Waals surface area contributed by atoms with Crippen LogP contribution in [0.4, 0.5) is 0 Å². The molecule has 2 aromatic rings. The third-order valence-corrected chi connectivity index (χ3v) is 4.25. The molecule has 0 aromatic heterocycles. The van der Waals surface area contributed by atoms with Gasteiger partial charge in [-0.1, -0.05) is 29.3 Å². The highest BCUT2D eigenvalue weighted by atomic mass is 35.5. The van der Waals surface area contributed by atoms with E-state index in [9.17, 15) is 4.79 Å². The van der Waals surface area contributed by atoms with Gasteiger partial charge in [-0.05, 0) is 49.2 Å². The minimum atomic E-state index is -0.671. The largest absolute Gasteiger partial charge is 0.479 e. The molecule has 1 amide bonds. The smallest absolute Gasteiger partial charge is 0.260 e. The molecule has 25 heavy (non-hydrogen) atoms. The number of nitrogens with one attached hydrogen (secondary N) is 1. The van der Waals surface area contributed by atoms with Crippen LogP contribution in [0, 0.1) is 0 Å². The lowest BCUT2D eigenvalue weighted by Gasteiger charge is -2.15. The number of carbonyl (C=O) groups excluding carboxylic acids is 1. The maximum Gasteiger partial charge on any atom is 0.260 e. The topological polar surface area (TPSA) is 56.8 Å². The van der Waals surface area contributed by atoms with Crippen molar-refractivity contribution in [2.24, 2.45) is 0 Å². The van der Waals surface area contributed by atoms with E-state index in [4.69, 9.17) is 37.4 Å². The Morgan fingerprint density at radius 2 is 2.00 bits per heavy atom. The molecule has 1 heterocycles. The van der Waals surface area contributed by atoms with E-state index < -0.39 is 6.10 Å². The van der Waals surface area contributed by atoms with Gasteiger partial charge in [0, 0.05) is 11.6 Å². The zero-order valence-corrected chi connectivity index (χ0v) is 15.1. The maximum atomic E-state index is 12.2. The van der Waals surface area contributed by atoms with Crippen molar-refractivity contribution in [1.82, 2.24) is 5.32 Å². The van der Waals surface area contributed by atoms with Crippen LogP contribution in [0.2, 0.25) is 10.0 Å². The van der Waals surface area contributed by atoms with E-state index in [1.54, 1.807) is 25.1 Å². The van der Waals surface area contributed by atoms with Crippen LogP contribution >= 0.6 is 23.2 Å². The predicted molar refractivity (Wildman–Crippen MR) is 95.8 cm³/mol. The molecule has 0 fully saturated rings. The Balaban J connectivity index is 1.48. The van der Waals surface area contributed by atoms with Crippen molar-refractivity contribution in [2.75, 3.05) is 13.3 Å². The molecule has 2 aromatic carbocycles. The van der Waals surface area contributed by atoms with Gasteiger partial charge < -0.3 is 19.5 Å². The molecule has 0 saturated carbocycles. The number of carbonyl (C=O) groups is 1. The van der Waals surface area contributed by atoms with Gasteiger partial charge in [0.15, 0.2) is 17.6 Å². The first kappa shape index (κ1) is 17.7. The molecule has 0 aliphatic carbocycles. The monoisotopic (exact) mass is 381 g/mol. The zero-order valence-electron chi connectivity index (χ0n) is 13.6. The van der Waals surface area contributed by atoms with Crippen molar-refractivity contribution in [2.45, 2.75) is 19.4 Å². The lowest BCUT2D eigenvalue weighted by atomic mass is 10.1. The summed E-state index contributed by atoms with van der Waals surface area (Å²) in [7, 11) is 0. The van der Waals surface area contributed by atoms with Crippen LogP contribution in [0.5, 0.6) is 17.2 Å². The van der Waals surface area contributed by atoms with Gasteiger partial charge in [0.1, 0.15) is 5.75 Å². The van der Waals surface area contributed by atoms with E-state index >= 15 is 0 Å². The first-order valence-corrected chi connectivity index (χ1v) is 8.56. The Morgan fingerprint density at radius 3 is 2.80 bits per heavy atom. The highest BCUT2D eigenvalue weighted by molar-refractivity contribution is 6.35. The second-order valence-electron chi connectivity index (χ2n) is 5.56. The highest BCUT2D eigenvalue weighted by Crippen LogP contribution is 2.32. The maximum absolute atomic E-state index is 12.2. The molecule has 1 aliphatic heterocycles. The second kappa shape index (κ2) is 7.85. The molecule has 132 valence electrons. The number of hydrogen-bond acceptors (Lipinski definition) is 4. The van der Waals surface area contributed by atoms with Crippen LogP contribution in [0.3, 0.4) is 0 Å². The van der Waals surface area contributed by atoms with Crippen molar-refractivity contribution >= 4 is 29.1 Å². The molecule has 0 spiro atoms. The fourth-order valence-electron chi connectivity index (χ4n) is 2.38. The summed E-state index contributed by atoms with van der Waals surface area (Å²) >= 11 is 11.9. The van der Waals surface area contributed by atoms with E-state index in [-0.39, 0.29) is 12.7 Å². The molecule has 0 saturated heterocycles. The van der Waals surface area contributed by atoms with Gasteiger partial charge in [-0.25, -0.2) is 0 Å². The molecule has 1 unspecified atom stereocenters. The van der Waals surface area contributed by atoms with E-state index in [2.05, 4.69) is 5.32 Å². The molecule has 3 rings (SSSR count). The Bertz CT molecular complexity index is 782. The summed E-state index contributed by atoms with van der Waals surface area (Å²) in [5, 5.41) is 3.72. The molecular weight excluding hydrogens is 365 g/mol. The molecule has 5 nitrogen and oxygen atoms in total. The Hall–Kier alpha value is -2.11. The molecule has 7 heteroatoms. The second-order valence-corrected chi connectivity index (χ2v) is 6.41. The Kier molecular flexibility index (Phi) is 5.56. The van der Waals surface area contributed by atoms with E-state index in [0.29, 0.717) is 28.8 Å². The van der Waals surface area contributed by atoms with Crippen LogP contribution in [0.15, 0.2) is 36.4 Å².